The Labute approximate surface area is 194 Å². The molecule has 0 bridgehead atoms. The zero-order valence-electron chi connectivity index (χ0n) is 18.9. The number of hydrogen-bond donors (Lipinski definition) is 0. The Bertz CT molecular complexity index is 1120. The van der Waals surface area contributed by atoms with Crippen molar-refractivity contribution in [1.29, 1.82) is 0 Å². The van der Waals surface area contributed by atoms with Crippen LogP contribution >= 0.6 is 0 Å². The summed E-state index contributed by atoms with van der Waals surface area (Å²) in [5.41, 5.74) is 2.07. The Hall–Kier alpha value is -3.41. The molecule has 33 heavy (non-hydrogen) atoms. The number of fused-ring (bicyclic) bond motifs is 1. The van der Waals surface area contributed by atoms with E-state index in [0.717, 1.165) is 67.3 Å². The van der Waals surface area contributed by atoms with Crippen LogP contribution in [0.25, 0.3) is 6.08 Å². The quantitative estimate of drug-likeness (QED) is 0.506. The van der Waals surface area contributed by atoms with Crippen LogP contribution in [0.1, 0.15) is 60.9 Å². The van der Waals surface area contributed by atoms with Gasteiger partial charge in [-0.25, -0.2) is 0 Å². The highest BCUT2D eigenvalue weighted by Gasteiger charge is 2.33. The first kappa shape index (κ1) is 21.4. The predicted octanol–water partition coefficient (Wildman–Crippen LogP) is 4.96. The molecular weight excluding hydrogens is 412 g/mol. The highest BCUT2D eigenvalue weighted by molar-refractivity contribution is 5.92. The van der Waals surface area contributed by atoms with Crippen molar-refractivity contribution < 1.29 is 9.53 Å². The second kappa shape index (κ2) is 10.0. The van der Waals surface area contributed by atoms with E-state index in [-0.39, 0.29) is 11.9 Å². The van der Waals surface area contributed by atoms with Crippen LogP contribution in [0.15, 0.2) is 60.7 Å². The first-order chi connectivity index (χ1) is 16.3. The number of benzene rings is 2. The van der Waals surface area contributed by atoms with Crippen molar-refractivity contribution in [2.24, 2.45) is 0 Å². The lowest BCUT2D eigenvalue weighted by atomic mass is 10.1. The molecule has 6 heteroatoms. The Morgan fingerprint density at radius 1 is 1.00 bits per heavy atom. The van der Waals surface area contributed by atoms with E-state index in [4.69, 9.17) is 4.74 Å². The second-order valence-electron chi connectivity index (χ2n) is 8.81. The number of aryl methyl sites for hydroxylation is 1. The van der Waals surface area contributed by atoms with Gasteiger partial charge in [-0.3, -0.25) is 4.79 Å². The van der Waals surface area contributed by atoms with Crippen LogP contribution in [0, 0.1) is 0 Å². The molecule has 1 unspecified atom stereocenters. The fourth-order valence-corrected chi connectivity index (χ4v) is 4.77. The predicted molar refractivity (Wildman–Crippen MR) is 128 cm³/mol. The lowest BCUT2D eigenvalue weighted by Gasteiger charge is -2.23. The summed E-state index contributed by atoms with van der Waals surface area (Å²) in [7, 11) is 0. The average Bonchev–Trinajstić information content (AvgIpc) is 3.43. The highest BCUT2D eigenvalue weighted by Crippen LogP contribution is 2.32. The fraction of sp³-hybridized carbons (Fsp3) is 0.370. The molecule has 1 saturated heterocycles. The summed E-state index contributed by atoms with van der Waals surface area (Å²) in [4.78, 5) is 15.1. The molecule has 2 aromatic carbocycles. The maximum absolute atomic E-state index is 13.1. The van der Waals surface area contributed by atoms with Gasteiger partial charge in [0, 0.05) is 25.6 Å². The number of likely N-dealkylation sites (tertiary alicyclic amines) is 1. The van der Waals surface area contributed by atoms with Gasteiger partial charge in [-0.05, 0) is 55.0 Å². The Balaban J connectivity index is 1.25. The number of aromatic nitrogens is 3. The lowest BCUT2D eigenvalue weighted by molar-refractivity contribution is -0.127. The third-order valence-electron chi connectivity index (χ3n) is 6.50. The molecule has 5 rings (SSSR count). The number of nitrogens with zero attached hydrogens (tertiary/aromatic N) is 4. The number of rotatable bonds is 6. The fourth-order valence-electron chi connectivity index (χ4n) is 4.77. The summed E-state index contributed by atoms with van der Waals surface area (Å²) in [6.07, 6.45) is 10.0. The minimum atomic E-state index is 0.0158. The first-order valence-electron chi connectivity index (χ1n) is 12.0. The van der Waals surface area contributed by atoms with Crippen LogP contribution in [-0.4, -0.2) is 32.1 Å². The van der Waals surface area contributed by atoms with Gasteiger partial charge in [0.25, 0.3) is 0 Å². The van der Waals surface area contributed by atoms with Crippen LogP contribution in [0.4, 0.5) is 0 Å². The van der Waals surface area contributed by atoms with Gasteiger partial charge in [0.15, 0.2) is 5.82 Å². The standard InChI is InChI=1S/C27H30N4O2/c32-26(16-15-21-11-7-12-23(19-21)33-20-22-9-3-1-4-10-22)30-18-8-13-24(30)27-29-28-25-14-5-2-6-17-31(25)27/h1,3-4,7,9-12,15-16,19,24H,2,5-6,8,13-14,17-18,20H2/b16-15+. The molecule has 1 aromatic heterocycles. The molecule has 6 nitrogen and oxygen atoms in total. The summed E-state index contributed by atoms with van der Waals surface area (Å²) in [5.74, 6) is 2.85. The summed E-state index contributed by atoms with van der Waals surface area (Å²) in [5, 5.41) is 8.95. The zero-order valence-corrected chi connectivity index (χ0v) is 18.9. The monoisotopic (exact) mass is 442 g/mol. The van der Waals surface area contributed by atoms with Gasteiger partial charge in [0.1, 0.15) is 18.2 Å². The van der Waals surface area contributed by atoms with Crippen LogP contribution < -0.4 is 4.74 Å². The van der Waals surface area contributed by atoms with E-state index in [1.807, 2.05) is 65.6 Å². The molecule has 2 aliphatic rings. The van der Waals surface area contributed by atoms with Crippen molar-refractivity contribution in [2.45, 2.75) is 57.7 Å². The maximum Gasteiger partial charge on any atom is 0.247 e. The topological polar surface area (TPSA) is 60.2 Å². The molecule has 2 aliphatic heterocycles. The molecule has 170 valence electrons. The van der Waals surface area contributed by atoms with E-state index in [1.165, 1.54) is 12.8 Å². The molecule has 1 fully saturated rings. The summed E-state index contributed by atoms with van der Waals surface area (Å²) in [6, 6.07) is 18.0. The molecule has 3 heterocycles. The maximum atomic E-state index is 13.1. The van der Waals surface area contributed by atoms with E-state index in [0.29, 0.717) is 6.61 Å². The van der Waals surface area contributed by atoms with Crippen LogP contribution in [0.5, 0.6) is 5.75 Å². The van der Waals surface area contributed by atoms with E-state index in [9.17, 15) is 4.79 Å². The zero-order chi connectivity index (χ0) is 22.5. The smallest absolute Gasteiger partial charge is 0.247 e. The molecule has 0 aliphatic carbocycles. The number of hydrogen-bond acceptors (Lipinski definition) is 4. The van der Waals surface area contributed by atoms with Crippen LogP contribution in [-0.2, 0) is 24.4 Å². The van der Waals surface area contributed by atoms with Crippen molar-refractivity contribution in [1.82, 2.24) is 19.7 Å². The Morgan fingerprint density at radius 3 is 2.82 bits per heavy atom. The molecule has 3 aromatic rings. The normalized spacial score (nSPS) is 18.3. The SMILES string of the molecule is O=C(/C=C/c1cccc(OCc2ccccc2)c1)N1CCCC1c1nnc2n1CCCCC2. The van der Waals surface area contributed by atoms with E-state index in [1.54, 1.807) is 6.08 Å². The minimum absolute atomic E-state index is 0.0158. The largest absolute Gasteiger partial charge is 0.489 e. The van der Waals surface area contributed by atoms with Crippen LogP contribution in [0.3, 0.4) is 0 Å². The van der Waals surface area contributed by atoms with Crippen molar-refractivity contribution in [3.05, 3.63) is 83.4 Å². The molecular formula is C27H30N4O2. The molecule has 0 N–H and O–H groups in total. The van der Waals surface area contributed by atoms with Gasteiger partial charge in [-0.2, -0.15) is 0 Å². The van der Waals surface area contributed by atoms with Gasteiger partial charge in [-0.1, -0.05) is 48.9 Å². The molecule has 1 atom stereocenters. The number of amides is 1. The van der Waals surface area contributed by atoms with Crippen molar-refractivity contribution in [3.8, 4) is 5.75 Å². The minimum Gasteiger partial charge on any atom is -0.489 e. The van der Waals surface area contributed by atoms with Crippen molar-refractivity contribution in [3.63, 3.8) is 0 Å². The lowest BCUT2D eigenvalue weighted by Crippen LogP contribution is -2.30. The van der Waals surface area contributed by atoms with Crippen molar-refractivity contribution in [2.75, 3.05) is 6.54 Å². The molecule has 0 spiro atoms. The summed E-state index contributed by atoms with van der Waals surface area (Å²) >= 11 is 0. The number of ether oxygens (including phenoxy) is 1. The van der Waals surface area contributed by atoms with Crippen LogP contribution in [0.2, 0.25) is 0 Å². The van der Waals surface area contributed by atoms with Gasteiger partial charge in [-0.15, -0.1) is 10.2 Å². The third kappa shape index (κ3) is 5.00. The van der Waals surface area contributed by atoms with Gasteiger partial charge < -0.3 is 14.2 Å². The van der Waals surface area contributed by atoms with E-state index >= 15 is 0 Å². The number of carbonyl (C=O) groups is 1. The summed E-state index contributed by atoms with van der Waals surface area (Å²) in [6.45, 7) is 2.24. The van der Waals surface area contributed by atoms with Gasteiger partial charge in [0.05, 0.1) is 6.04 Å². The number of carbonyl (C=O) groups excluding carboxylic acids is 1. The Morgan fingerprint density at radius 2 is 1.91 bits per heavy atom. The molecule has 1 amide bonds. The summed E-state index contributed by atoms with van der Waals surface area (Å²) < 4.78 is 8.19. The van der Waals surface area contributed by atoms with Gasteiger partial charge >= 0.3 is 0 Å². The molecule has 0 saturated carbocycles. The van der Waals surface area contributed by atoms with E-state index in [2.05, 4.69) is 14.8 Å². The Kier molecular flexibility index (Phi) is 6.51. The third-order valence-corrected chi connectivity index (χ3v) is 6.50. The highest BCUT2D eigenvalue weighted by atomic mass is 16.5. The van der Waals surface area contributed by atoms with Crippen molar-refractivity contribution >= 4 is 12.0 Å². The second-order valence-corrected chi connectivity index (χ2v) is 8.81. The van der Waals surface area contributed by atoms with Gasteiger partial charge in [0.2, 0.25) is 5.91 Å². The molecule has 0 radical (unpaired) electrons. The first-order valence-corrected chi connectivity index (χ1v) is 12.0. The average molecular weight is 443 g/mol. The van der Waals surface area contributed by atoms with E-state index < -0.39 is 0 Å².